The fraction of sp³-hybridized carbons (Fsp3) is 0.222. The Morgan fingerprint density at radius 2 is 1.69 bits per heavy atom. The molecule has 0 aliphatic carbocycles. The zero-order valence-electron chi connectivity index (χ0n) is 14.1. The lowest BCUT2D eigenvalue weighted by atomic mass is 10.2. The fourth-order valence-corrected chi connectivity index (χ4v) is 2.80. The molecule has 0 saturated carbocycles. The largest absolute Gasteiger partial charge is 0.494 e. The predicted octanol–water partition coefficient (Wildman–Crippen LogP) is 5.07. The van der Waals surface area contributed by atoms with Gasteiger partial charge in [0.25, 0.3) is 5.82 Å². The molecule has 3 aromatic rings. The van der Waals surface area contributed by atoms with Gasteiger partial charge < -0.3 is 4.74 Å². The second-order valence-corrected chi connectivity index (χ2v) is 6.20. The van der Waals surface area contributed by atoms with E-state index in [0.29, 0.717) is 23.6 Å². The number of alkyl halides is 3. The van der Waals surface area contributed by atoms with Gasteiger partial charge in [-0.05, 0) is 61.7 Å². The van der Waals surface area contributed by atoms with E-state index in [2.05, 4.69) is 10.1 Å². The molecule has 0 unspecified atom stereocenters. The molecule has 0 bridgehead atoms. The van der Waals surface area contributed by atoms with Crippen molar-refractivity contribution in [2.24, 2.45) is 0 Å². The predicted molar refractivity (Wildman–Crippen MR) is 94.7 cm³/mol. The highest BCUT2D eigenvalue weighted by molar-refractivity contribution is 7.98. The van der Waals surface area contributed by atoms with Crippen LogP contribution in [0, 0.1) is 0 Å². The number of rotatable bonds is 5. The molecule has 3 rings (SSSR count). The van der Waals surface area contributed by atoms with Gasteiger partial charge in [0.1, 0.15) is 5.75 Å². The standard InChI is InChI=1S/C18H16F3N3OS/c1-3-25-14-8-4-12(5-9-14)16-22-17(18(19,20)21)23-24(16)13-6-10-15(26-2)11-7-13/h4-11H,3H2,1-2H3. The van der Waals surface area contributed by atoms with E-state index in [9.17, 15) is 13.2 Å². The van der Waals surface area contributed by atoms with E-state index < -0.39 is 12.0 Å². The molecule has 0 aliphatic heterocycles. The first kappa shape index (κ1) is 18.3. The summed E-state index contributed by atoms with van der Waals surface area (Å²) in [5.41, 5.74) is 1.03. The molecule has 1 aromatic heterocycles. The summed E-state index contributed by atoms with van der Waals surface area (Å²) < 4.78 is 46.0. The lowest BCUT2D eigenvalue weighted by Gasteiger charge is -2.08. The first-order valence-electron chi connectivity index (χ1n) is 7.84. The van der Waals surface area contributed by atoms with Crippen LogP contribution in [0.1, 0.15) is 12.7 Å². The van der Waals surface area contributed by atoms with Gasteiger partial charge in [0.05, 0.1) is 12.3 Å². The maximum absolute atomic E-state index is 13.1. The quantitative estimate of drug-likeness (QED) is 0.580. The van der Waals surface area contributed by atoms with Crippen molar-refractivity contribution < 1.29 is 17.9 Å². The number of thioether (sulfide) groups is 1. The molecule has 0 fully saturated rings. The Labute approximate surface area is 153 Å². The van der Waals surface area contributed by atoms with E-state index in [0.717, 1.165) is 4.90 Å². The first-order chi connectivity index (χ1) is 12.4. The average Bonchev–Trinajstić information content (AvgIpc) is 3.08. The van der Waals surface area contributed by atoms with Gasteiger partial charge in [-0.15, -0.1) is 16.9 Å². The van der Waals surface area contributed by atoms with Crippen LogP contribution < -0.4 is 4.74 Å². The van der Waals surface area contributed by atoms with Crippen molar-refractivity contribution in [1.29, 1.82) is 0 Å². The van der Waals surface area contributed by atoms with Crippen LogP contribution in [0.2, 0.25) is 0 Å². The van der Waals surface area contributed by atoms with Crippen molar-refractivity contribution >= 4 is 11.8 Å². The highest BCUT2D eigenvalue weighted by Gasteiger charge is 2.37. The molecule has 0 atom stereocenters. The van der Waals surface area contributed by atoms with Crippen molar-refractivity contribution in [3.63, 3.8) is 0 Å². The summed E-state index contributed by atoms with van der Waals surface area (Å²) in [6.07, 6.45) is -2.69. The third-order valence-electron chi connectivity index (χ3n) is 3.60. The summed E-state index contributed by atoms with van der Waals surface area (Å²) in [5, 5.41) is 3.68. The van der Waals surface area contributed by atoms with Crippen LogP contribution in [0.3, 0.4) is 0 Å². The van der Waals surface area contributed by atoms with Gasteiger partial charge >= 0.3 is 6.18 Å². The van der Waals surface area contributed by atoms with Gasteiger partial charge in [0, 0.05) is 10.5 Å². The molecule has 0 aliphatic rings. The third-order valence-corrected chi connectivity index (χ3v) is 4.34. The Morgan fingerprint density at radius 3 is 2.23 bits per heavy atom. The smallest absolute Gasteiger partial charge is 0.453 e. The Balaban J connectivity index is 2.08. The van der Waals surface area contributed by atoms with E-state index in [1.165, 1.54) is 4.68 Å². The lowest BCUT2D eigenvalue weighted by Crippen LogP contribution is -2.08. The molecule has 0 amide bonds. The summed E-state index contributed by atoms with van der Waals surface area (Å²) in [6.45, 7) is 2.37. The summed E-state index contributed by atoms with van der Waals surface area (Å²) in [7, 11) is 0. The molecule has 0 radical (unpaired) electrons. The Hall–Kier alpha value is -2.48. The molecule has 2 aromatic carbocycles. The summed E-state index contributed by atoms with van der Waals surface area (Å²) in [5.74, 6) is -0.407. The zero-order valence-corrected chi connectivity index (χ0v) is 14.9. The van der Waals surface area contributed by atoms with Crippen LogP contribution >= 0.6 is 11.8 Å². The SMILES string of the molecule is CCOc1ccc(-c2nc(C(F)(F)F)nn2-c2ccc(SC)cc2)cc1. The average molecular weight is 379 g/mol. The summed E-state index contributed by atoms with van der Waals surface area (Å²) >= 11 is 1.55. The number of aromatic nitrogens is 3. The highest BCUT2D eigenvalue weighted by Crippen LogP contribution is 2.31. The maximum atomic E-state index is 13.1. The number of benzene rings is 2. The van der Waals surface area contributed by atoms with Crippen LogP contribution in [-0.2, 0) is 6.18 Å². The van der Waals surface area contributed by atoms with Crippen molar-refractivity contribution in [2.45, 2.75) is 18.0 Å². The van der Waals surface area contributed by atoms with E-state index in [-0.39, 0.29) is 5.82 Å². The van der Waals surface area contributed by atoms with E-state index >= 15 is 0 Å². The zero-order chi connectivity index (χ0) is 18.7. The molecule has 0 N–H and O–H groups in total. The minimum atomic E-state index is -4.62. The van der Waals surface area contributed by atoms with Crippen molar-refractivity contribution in [3.8, 4) is 22.8 Å². The van der Waals surface area contributed by atoms with Gasteiger partial charge in [0.15, 0.2) is 5.82 Å². The minimum absolute atomic E-state index is 0.122. The number of hydrogen-bond donors (Lipinski definition) is 0. The topological polar surface area (TPSA) is 39.9 Å². The number of ether oxygens (including phenoxy) is 1. The van der Waals surface area contributed by atoms with Crippen LogP contribution in [0.4, 0.5) is 13.2 Å². The molecule has 0 spiro atoms. The van der Waals surface area contributed by atoms with E-state index in [1.807, 2.05) is 25.3 Å². The van der Waals surface area contributed by atoms with Gasteiger partial charge in [0.2, 0.25) is 0 Å². The first-order valence-corrected chi connectivity index (χ1v) is 9.06. The van der Waals surface area contributed by atoms with Gasteiger partial charge in [-0.3, -0.25) is 0 Å². The Morgan fingerprint density at radius 1 is 1.04 bits per heavy atom. The summed E-state index contributed by atoms with van der Waals surface area (Å²) in [4.78, 5) is 4.73. The second kappa shape index (κ2) is 7.41. The number of hydrogen-bond acceptors (Lipinski definition) is 4. The van der Waals surface area contributed by atoms with Crippen LogP contribution in [0.5, 0.6) is 5.75 Å². The number of halogens is 3. The Bertz CT molecular complexity index is 874. The monoisotopic (exact) mass is 379 g/mol. The number of nitrogens with zero attached hydrogens (tertiary/aromatic N) is 3. The van der Waals surface area contributed by atoms with Crippen LogP contribution in [0.15, 0.2) is 53.4 Å². The molecule has 4 nitrogen and oxygen atoms in total. The van der Waals surface area contributed by atoms with Crippen molar-refractivity contribution in [1.82, 2.24) is 14.8 Å². The molecular weight excluding hydrogens is 363 g/mol. The maximum Gasteiger partial charge on any atom is 0.453 e. The molecule has 136 valence electrons. The third kappa shape index (κ3) is 3.85. The van der Waals surface area contributed by atoms with Crippen molar-refractivity contribution in [2.75, 3.05) is 12.9 Å². The van der Waals surface area contributed by atoms with Crippen LogP contribution in [-0.4, -0.2) is 27.6 Å². The minimum Gasteiger partial charge on any atom is -0.494 e. The Kier molecular flexibility index (Phi) is 5.22. The normalized spacial score (nSPS) is 11.6. The van der Waals surface area contributed by atoms with Crippen LogP contribution in [0.25, 0.3) is 17.1 Å². The summed E-state index contributed by atoms with van der Waals surface area (Å²) in [6, 6.07) is 13.8. The fourth-order valence-electron chi connectivity index (χ4n) is 2.39. The van der Waals surface area contributed by atoms with Gasteiger partial charge in [-0.2, -0.15) is 13.2 Å². The van der Waals surface area contributed by atoms with Gasteiger partial charge in [-0.25, -0.2) is 9.67 Å². The molecular formula is C18H16F3N3OS. The van der Waals surface area contributed by atoms with E-state index in [4.69, 9.17) is 4.74 Å². The van der Waals surface area contributed by atoms with Gasteiger partial charge in [-0.1, -0.05) is 0 Å². The molecule has 1 heterocycles. The molecule has 8 heteroatoms. The molecule has 26 heavy (non-hydrogen) atoms. The van der Waals surface area contributed by atoms with E-state index in [1.54, 1.807) is 48.2 Å². The molecule has 0 saturated heterocycles. The lowest BCUT2D eigenvalue weighted by molar-refractivity contribution is -0.144. The van der Waals surface area contributed by atoms with Crippen molar-refractivity contribution in [3.05, 3.63) is 54.4 Å². The highest BCUT2D eigenvalue weighted by atomic mass is 32.2. The second-order valence-electron chi connectivity index (χ2n) is 5.32.